The molecule has 0 N–H and O–H groups in total. The molecule has 4 rings (SSSR count). The van der Waals surface area contributed by atoms with E-state index in [1.807, 2.05) is 39.0 Å². The number of pyridine rings is 1. The van der Waals surface area contributed by atoms with Crippen LogP contribution in [0.3, 0.4) is 0 Å². The van der Waals surface area contributed by atoms with Gasteiger partial charge in [-0.25, -0.2) is 9.36 Å². The highest BCUT2D eigenvalue weighted by Gasteiger charge is 2.55. The largest absolute Gasteiger partial charge is 1.00 e. The second-order valence-corrected chi connectivity index (χ2v) is 9.18. The van der Waals surface area contributed by atoms with Crippen molar-refractivity contribution in [2.24, 2.45) is 5.41 Å². The van der Waals surface area contributed by atoms with Crippen molar-refractivity contribution >= 4 is 6.09 Å². The van der Waals surface area contributed by atoms with Crippen LogP contribution in [-0.4, -0.2) is 35.8 Å². The van der Waals surface area contributed by atoms with Gasteiger partial charge in [-0.2, -0.15) is 0 Å². The lowest BCUT2D eigenvalue weighted by Gasteiger charge is -2.58. The van der Waals surface area contributed by atoms with Gasteiger partial charge in [0, 0.05) is 36.2 Å². The molecule has 2 aromatic rings. The van der Waals surface area contributed by atoms with Crippen LogP contribution < -0.4 is 26.3 Å². The minimum atomic E-state index is -0.435. The molecule has 1 aliphatic carbocycles. The van der Waals surface area contributed by atoms with Crippen LogP contribution in [0.5, 0.6) is 5.75 Å². The molecule has 1 saturated heterocycles. The quantitative estimate of drug-likeness (QED) is 0.633. The molecule has 1 saturated carbocycles. The lowest BCUT2D eigenvalue weighted by atomic mass is 9.62. The van der Waals surface area contributed by atoms with Gasteiger partial charge in [0.15, 0.2) is 18.9 Å². The van der Waals surface area contributed by atoms with Gasteiger partial charge in [0.25, 0.3) is 0 Å². The van der Waals surface area contributed by atoms with Crippen molar-refractivity contribution in [1.82, 2.24) is 4.90 Å². The third kappa shape index (κ3) is 5.30. The highest BCUT2D eigenvalue weighted by Crippen LogP contribution is 2.49. The number of ether oxygens (including phenoxy) is 2. The van der Waals surface area contributed by atoms with Crippen LogP contribution in [0.4, 0.5) is 4.79 Å². The number of nitrogens with zero attached hydrogens (tertiary/aromatic N) is 2. The third-order valence-corrected chi connectivity index (χ3v) is 5.40. The van der Waals surface area contributed by atoms with Crippen LogP contribution in [0.25, 0.3) is 0 Å². The van der Waals surface area contributed by atoms with Crippen molar-refractivity contribution < 1.29 is 35.8 Å². The molecule has 0 atom stereocenters. The molecule has 6 heteroatoms. The van der Waals surface area contributed by atoms with E-state index in [9.17, 15) is 4.79 Å². The molecule has 0 bridgehead atoms. The fourth-order valence-corrected chi connectivity index (χ4v) is 4.08. The van der Waals surface area contributed by atoms with E-state index >= 15 is 0 Å². The van der Waals surface area contributed by atoms with E-state index in [1.165, 1.54) is 5.56 Å². The van der Waals surface area contributed by atoms with Gasteiger partial charge in [-0.1, -0.05) is 30.3 Å². The Labute approximate surface area is 183 Å². The minimum Gasteiger partial charge on any atom is -1.00 e. The van der Waals surface area contributed by atoms with Gasteiger partial charge in [-0.05, 0) is 33.6 Å². The van der Waals surface area contributed by atoms with Crippen molar-refractivity contribution in [3.05, 3.63) is 60.4 Å². The third-order valence-electron chi connectivity index (χ3n) is 5.40. The summed E-state index contributed by atoms with van der Waals surface area (Å²) in [5, 5.41) is 0. The second kappa shape index (κ2) is 8.34. The van der Waals surface area contributed by atoms with Gasteiger partial charge in [0.1, 0.15) is 17.5 Å². The number of aromatic nitrogens is 1. The van der Waals surface area contributed by atoms with E-state index < -0.39 is 5.60 Å². The summed E-state index contributed by atoms with van der Waals surface area (Å²) in [7, 11) is 0. The molecule has 2 heterocycles. The molecule has 2 fully saturated rings. The Balaban J connectivity index is 0.00000240. The number of hydrogen-bond acceptors (Lipinski definition) is 3. The Hall–Kier alpha value is -2.08. The summed E-state index contributed by atoms with van der Waals surface area (Å²) in [5.41, 5.74) is 1.08. The molecule has 1 amide bonds. The fraction of sp³-hybridized carbons (Fsp3) is 0.478. The maximum absolute atomic E-state index is 12.1. The molecule has 0 radical (unpaired) electrons. The van der Waals surface area contributed by atoms with Gasteiger partial charge in [-0.3, -0.25) is 0 Å². The predicted octanol–water partition coefficient (Wildman–Crippen LogP) is 0.805. The van der Waals surface area contributed by atoms with Crippen molar-refractivity contribution in [3.8, 4) is 5.75 Å². The molecular formula is C23H29BrN2O3. The Morgan fingerprint density at radius 2 is 1.72 bits per heavy atom. The SMILES string of the molecule is CC(C)(C)OC(=O)N1CC2(CC(Oc3cc[n+](Cc4ccccc4)cc3)C2)C1.[Br-]. The van der Waals surface area contributed by atoms with Crippen LogP contribution in [0.15, 0.2) is 54.9 Å². The van der Waals surface area contributed by atoms with Gasteiger partial charge >= 0.3 is 6.09 Å². The van der Waals surface area contributed by atoms with Crippen LogP contribution >= 0.6 is 0 Å². The first-order valence-electron chi connectivity index (χ1n) is 9.98. The van der Waals surface area contributed by atoms with E-state index in [1.54, 1.807) is 4.90 Å². The molecule has 0 unspecified atom stereocenters. The molecule has 1 aliphatic heterocycles. The molecule has 29 heavy (non-hydrogen) atoms. The lowest BCUT2D eigenvalue weighted by Crippen LogP contribution is -3.00. The maximum atomic E-state index is 12.1. The van der Waals surface area contributed by atoms with E-state index in [0.717, 1.165) is 38.2 Å². The number of benzene rings is 1. The number of likely N-dealkylation sites (tertiary alicyclic amines) is 1. The first-order chi connectivity index (χ1) is 13.3. The highest BCUT2D eigenvalue weighted by atomic mass is 79.9. The van der Waals surface area contributed by atoms with Crippen LogP contribution in [0.2, 0.25) is 0 Å². The number of carbonyl (C=O) groups excluding carboxylic acids is 1. The second-order valence-electron chi connectivity index (χ2n) is 9.18. The van der Waals surface area contributed by atoms with Crippen molar-refractivity contribution in [3.63, 3.8) is 0 Å². The van der Waals surface area contributed by atoms with E-state index in [-0.39, 0.29) is 34.6 Å². The van der Waals surface area contributed by atoms with Crippen LogP contribution in [-0.2, 0) is 11.3 Å². The zero-order chi connectivity index (χ0) is 19.8. The van der Waals surface area contributed by atoms with Gasteiger partial charge in [-0.15, -0.1) is 0 Å². The average Bonchev–Trinajstić information content (AvgIpc) is 2.56. The minimum absolute atomic E-state index is 0. The average molecular weight is 461 g/mol. The normalized spacial score (nSPS) is 17.7. The molecule has 2 aliphatic rings. The monoisotopic (exact) mass is 460 g/mol. The van der Waals surface area contributed by atoms with E-state index in [2.05, 4.69) is 41.2 Å². The summed E-state index contributed by atoms with van der Waals surface area (Å²) in [6.07, 6.45) is 6.17. The number of carbonyl (C=O) groups is 1. The lowest BCUT2D eigenvalue weighted by molar-refractivity contribution is -0.688. The van der Waals surface area contributed by atoms with Crippen LogP contribution in [0, 0.1) is 5.41 Å². The van der Waals surface area contributed by atoms with Gasteiger partial charge < -0.3 is 31.4 Å². The van der Waals surface area contributed by atoms with Crippen molar-refractivity contribution in [1.29, 1.82) is 0 Å². The predicted molar refractivity (Wildman–Crippen MR) is 106 cm³/mol. The standard InChI is InChI=1S/C23H29N2O3.BrH/c1-22(2,3)28-21(26)25-16-23(17-25)13-20(14-23)27-19-9-11-24(12-10-19)15-18-7-5-4-6-8-18;/h4-12,20H,13-17H2,1-3H3;1H/q+1;/p-1. The number of amides is 1. The van der Waals surface area contributed by atoms with Gasteiger partial charge in [0.2, 0.25) is 0 Å². The summed E-state index contributed by atoms with van der Waals surface area (Å²) < 4.78 is 13.7. The summed E-state index contributed by atoms with van der Waals surface area (Å²) in [6.45, 7) is 8.13. The summed E-state index contributed by atoms with van der Waals surface area (Å²) >= 11 is 0. The summed E-state index contributed by atoms with van der Waals surface area (Å²) in [4.78, 5) is 13.9. The number of rotatable bonds is 4. The van der Waals surface area contributed by atoms with Gasteiger partial charge in [0.05, 0.1) is 0 Å². The summed E-state index contributed by atoms with van der Waals surface area (Å²) in [6, 6.07) is 14.5. The Morgan fingerprint density at radius 1 is 1.10 bits per heavy atom. The Kier molecular flexibility index (Phi) is 6.22. The number of halogens is 1. The van der Waals surface area contributed by atoms with E-state index in [4.69, 9.17) is 9.47 Å². The topological polar surface area (TPSA) is 42.6 Å². The Bertz CT molecular complexity index is 819. The van der Waals surface area contributed by atoms with E-state index in [0.29, 0.717) is 0 Å². The number of hydrogen-bond donors (Lipinski definition) is 0. The first-order valence-corrected chi connectivity index (χ1v) is 9.98. The molecular weight excluding hydrogens is 432 g/mol. The smallest absolute Gasteiger partial charge is 0.410 e. The molecule has 5 nitrogen and oxygen atoms in total. The highest BCUT2D eigenvalue weighted by molar-refractivity contribution is 5.69. The fourth-order valence-electron chi connectivity index (χ4n) is 4.08. The summed E-state index contributed by atoms with van der Waals surface area (Å²) in [5.74, 6) is 0.910. The maximum Gasteiger partial charge on any atom is 0.410 e. The zero-order valence-electron chi connectivity index (χ0n) is 17.3. The van der Waals surface area contributed by atoms with Crippen molar-refractivity contribution in [2.45, 2.75) is 51.9 Å². The molecule has 1 aromatic carbocycles. The molecule has 156 valence electrons. The molecule has 1 spiro atoms. The molecule has 1 aromatic heterocycles. The Morgan fingerprint density at radius 3 is 2.31 bits per heavy atom. The first kappa shape index (κ1) is 21.6. The van der Waals surface area contributed by atoms with Crippen LogP contribution in [0.1, 0.15) is 39.2 Å². The zero-order valence-corrected chi connectivity index (χ0v) is 18.9. The van der Waals surface area contributed by atoms with Crippen molar-refractivity contribution in [2.75, 3.05) is 13.1 Å².